The van der Waals surface area contributed by atoms with Gasteiger partial charge < -0.3 is 9.47 Å². The fourth-order valence-corrected chi connectivity index (χ4v) is 13.2. The van der Waals surface area contributed by atoms with E-state index in [2.05, 4.69) is 278 Å². The van der Waals surface area contributed by atoms with Crippen molar-refractivity contribution in [1.29, 1.82) is 0 Å². The van der Waals surface area contributed by atoms with Crippen molar-refractivity contribution in [3.05, 3.63) is 288 Å². The summed E-state index contributed by atoms with van der Waals surface area (Å²) in [4.78, 5) is 2.53. The lowest BCUT2D eigenvalue weighted by atomic mass is 9.70. The highest BCUT2D eigenvalue weighted by molar-refractivity contribution is 6.09. The Morgan fingerprint density at radius 1 is 0.319 bits per heavy atom. The smallest absolute Gasteiger partial charge is 0.0726 e. The zero-order chi connectivity index (χ0) is 47.7. The molecule has 11 aromatic carbocycles. The summed E-state index contributed by atoms with van der Waals surface area (Å²) in [6, 6.07) is 95.3. The Morgan fingerprint density at radius 3 is 1.51 bits per heavy atom. The van der Waals surface area contributed by atoms with Crippen molar-refractivity contribution < 1.29 is 0 Å². The highest BCUT2D eigenvalue weighted by Gasteiger charge is 2.52. The molecule has 0 radical (unpaired) electrons. The first kappa shape index (κ1) is 40.9. The lowest BCUT2D eigenvalue weighted by molar-refractivity contribution is 0.660. The normalized spacial score (nSPS) is 15.2. The van der Waals surface area contributed by atoms with E-state index in [-0.39, 0.29) is 5.41 Å². The van der Waals surface area contributed by atoms with Gasteiger partial charge in [0, 0.05) is 38.8 Å². The van der Waals surface area contributed by atoms with Crippen LogP contribution in [0.5, 0.6) is 0 Å². The van der Waals surface area contributed by atoms with Crippen LogP contribution in [0, 0.1) is 0 Å². The number of benzene rings is 11. The first-order valence-corrected chi connectivity index (χ1v) is 25.3. The van der Waals surface area contributed by atoms with Crippen LogP contribution in [0.1, 0.15) is 47.2 Å². The van der Waals surface area contributed by atoms with Crippen molar-refractivity contribution in [1.82, 2.24) is 4.57 Å². The van der Waals surface area contributed by atoms with Crippen molar-refractivity contribution in [3.63, 3.8) is 0 Å². The van der Waals surface area contributed by atoms with Gasteiger partial charge in [-0.1, -0.05) is 208 Å². The first-order chi connectivity index (χ1) is 35.5. The quantitative estimate of drug-likeness (QED) is 0.161. The van der Waals surface area contributed by atoms with Crippen molar-refractivity contribution in [3.8, 4) is 61.3 Å². The number of rotatable bonds is 6. The monoisotopic (exact) mass is 916 g/mol. The van der Waals surface area contributed by atoms with E-state index < -0.39 is 5.41 Å². The average Bonchev–Trinajstić information content (AvgIpc) is 4.12. The molecular weight excluding hydrogens is 869 g/mol. The van der Waals surface area contributed by atoms with Crippen LogP contribution < -0.4 is 4.90 Å². The van der Waals surface area contributed by atoms with E-state index >= 15 is 0 Å². The first-order valence-electron chi connectivity index (χ1n) is 25.3. The number of nitrogens with zero attached hydrogens (tertiary/aromatic N) is 2. The number of aromatic nitrogens is 1. The van der Waals surface area contributed by atoms with E-state index in [0.717, 1.165) is 17.1 Å². The van der Waals surface area contributed by atoms with E-state index in [1.165, 1.54) is 117 Å². The summed E-state index contributed by atoms with van der Waals surface area (Å²) < 4.78 is 2.39. The van der Waals surface area contributed by atoms with Crippen LogP contribution in [-0.4, -0.2) is 4.57 Å². The molecule has 0 fully saturated rings. The van der Waals surface area contributed by atoms with Gasteiger partial charge in [-0.2, -0.15) is 0 Å². The summed E-state index contributed by atoms with van der Waals surface area (Å²) in [5, 5.41) is 2.54. The lowest BCUT2D eigenvalue weighted by Crippen LogP contribution is -2.26. The van der Waals surface area contributed by atoms with Crippen molar-refractivity contribution in [2.75, 3.05) is 4.90 Å². The number of anilines is 3. The summed E-state index contributed by atoms with van der Waals surface area (Å²) in [6.07, 6.45) is 0. The van der Waals surface area contributed by atoms with Gasteiger partial charge in [0.05, 0.1) is 22.1 Å². The predicted octanol–water partition coefficient (Wildman–Crippen LogP) is 18.2. The molecule has 1 unspecified atom stereocenters. The molecule has 3 aliphatic carbocycles. The second-order valence-electron chi connectivity index (χ2n) is 20.4. The minimum Gasteiger partial charge on any atom is -0.310 e. The molecule has 1 heterocycles. The van der Waals surface area contributed by atoms with Gasteiger partial charge in [-0.15, -0.1) is 0 Å². The lowest BCUT2D eigenvalue weighted by Gasteiger charge is -2.32. The van der Waals surface area contributed by atoms with Gasteiger partial charge in [0.25, 0.3) is 0 Å². The average molecular weight is 917 g/mol. The molecule has 1 spiro atoms. The SMILES string of the molecule is CC1(C)c2ccccc2-c2ccc(N(c3ccc(-c4ccc(-n5c6ccccc6c6ccccc65)cc4)cc3)c3cccc4c3-c3ccccc3C43c4ccccc4-c4ccc(-c5ccccc5)cc43)cc21. The van der Waals surface area contributed by atoms with Gasteiger partial charge in [0.15, 0.2) is 0 Å². The molecule has 2 heteroatoms. The molecule has 72 heavy (non-hydrogen) atoms. The zero-order valence-electron chi connectivity index (χ0n) is 40.1. The molecule has 0 saturated carbocycles. The second-order valence-corrected chi connectivity index (χ2v) is 20.4. The molecule has 3 aliphatic rings. The van der Waals surface area contributed by atoms with E-state index in [0.29, 0.717) is 0 Å². The minimum absolute atomic E-state index is 0.161. The maximum Gasteiger partial charge on any atom is 0.0726 e. The molecule has 0 saturated heterocycles. The topological polar surface area (TPSA) is 8.17 Å². The summed E-state index contributed by atoms with van der Waals surface area (Å²) in [6.45, 7) is 4.76. The minimum atomic E-state index is -0.513. The molecule has 15 rings (SSSR count). The molecule has 1 atom stereocenters. The van der Waals surface area contributed by atoms with Crippen LogP contribution in [0.15, 0.2) is 255 Å². The largest absolute Gasteiger partial charge is 0.310 e. The Labute approximate surface area is 420 Å². The van der Waals surface area contributed by atoms with E-state index in [4.69, 9.17) is 0 Å². The van der Waals surface area contributed by atoms with Crippen molar-refractivity contribution in [2.24, 2.45) is 0 Å². The summed E-state index contributed by atoms with van der Waals surface area (Å²) in [7, 11) is 0. The maximum atomic E-state index is 2.53. The molecule has 0 N–H and O–H groups in total. The van der Waals surface area contributed by atoms with Crippen molar-refractivity contribution in [2.45, 2.75) is 24.7 Å². The zero-order valence-corrected chi connectivity index (χ0v) is 40.1. The van der Waals surface area contributed by atoms with Gasteiger partial charge in [0.1, 0.15) is 0 Å². The summed E-state index contributed by atoms with van der Waals surface area (Å²) in [5.41, 5.74) is 27.0. The van der Waals surface area contributed by atoms with Crippen LogP contribution in [0.25, 0.3) is 83.1 Å². The van der Waals surface area contributed by atoms with Crippen molar-refractivity contribution >= 4 is 38.9 Å². The van der Waals surface area contributed by atoms with Gasteiger partial charge in [0.2, 0.25) is 0 Å². The van der Waals surface area contributed by atoms with Gasteiger partial charge in [-0.3, -0.25) is 0 Å². The van der Waals surface area contributed by atoms with Crippen LogP contribution in [0.2, 0.25) is 0 Å². The molecule has 0 amide bonds. The third-order valence-electron chi connectivity index (χ3n) is 16.4. The summed E-state index contributed by atoms with van der Waals surface area (Å²) in [5.74, 6) is 0. The molecule has 0 bridgehead atoms. The number of para-hydroxylation sites is 2. The summed E-state index contributed by atoms with van der Waals surface area (Å²) >= 11 is 0. The number of hydrogen-bond acceptors (Lipinski definition) is 1. The molecule has 1 aromatic heterocycles. The maximum absolute atomic E-state index is 2.53. The van der Waals surface area contributed by atoms with Gasteiger partial charge in [-0.25, -0.2) is 0 Å². The van der Waals surface area contributed by atoms with Crippen LogP contribution in [0.4, 0.5) is 17.1 Å². The third-order valence-corrected chi connectivity index (χ3v) is 16.4. The molecule has 12 aromatic rings. The van der Waals surface area contributed by atoms with Crippen LogP contribution in [0.3, 0.4) is 0 Å². The second kappa shape index (κ2) is 15.3. The third kappa shape index (κ3) is 5.61. The van der Waals surface area contributed by atoms with Crippen LogP contribution in [-0.2, 0) is 10.8 Å². The Morgan fingerprint density at radius 2 is 0.806 bits per heavy atom. The standard InChI is InChI=1S/C70H48N2/c1-69(2)59-24-11-6-19-52(59)54-42-40-51(44-63(54)69)71(49-36-31-46(32-37-49)47-33-38-50(39-34-47)72-65-28-14-9-21-56(65)57-22-10-15-29-66(57)72)67-30-16-27-62-68(67)58-23-8-13-26-61(58)70(62)60-25-12-7-20-53(60)55-41-35-48(43-64(55)70)45-17-4-3-5-18-45/h3-44H,1-2H3. The van der Waals surface area contributed by atoms with Gasteiger partial charge >= 0.3 is 0 Å². The van der Waals surface area contributed by atoms with E-state index in [9.17, 15) is 0 Å². The highest BCUT2D eigenvalue weighted by Crippen LogP contribution is 2.65. The number of hydrogen-bond donors (Lipinski definition) is 0. The highest BCUT2D eigenvalue weighted by atomic mass is 15.1. The predicted molar refractivity (Wildman–Crippen MR) is 300 cm³/mol. The molecular formula is C70H48N2. The molecule has 2 nitrogen and oxygen atoms in total. The van der Waals surface area contributed by atoms with Gasteiger partial charge in [-0.05, 0) is 144 Å². The van der Waals surface area contributed by atoms with E-state index in [1.54, 1.807) is 0 Å². The Bertz CT molecular complexity index is 4120. The fraction of sp³-hybridized carbons (Fsp3) is 0.0571. The molecule has 338 valence electrons. The molecule has 0 aliphatic heterocycles. The number of fused-ring (bicyclic) bond motifs is 16. The fourth-order valence-electron chi connectivity index (χ4n) is 13.2. The van der Waals surface area contributed by atoms with E-state index in [1.807, 2.05) is 0 Å². The Hall–Kier alpha value is -8.98. The Balaban J connectivity index is 0.913. The Kier molecular flexibility index (Phi) is 8.66. The van der Waals surface area contributed by atoms with Crippen LogP contribution >= 0.6 is 0 Å².